The summed E-state index contributed by atoms with van der Waals surface area (Å²) in [6, 6.07) is 0.677. The van der Waals surface area contributed by atoms with E-state index in [0.29, 0.717) is 36.5 Å². The number of rotatable bonds is 7. The first-order chi connectivity index (χ1) is 8.95. The minimum atomic E-state index is -1.05. The van der Waals surface area contributed by atoms with Crippen LogP contribution in [0.4, 0.5) is 0 Å². The van der Waals surface area contributed by atoms with Crippen molar-refractivity contribution in [2.45, 2.75) is 32.7 Å². The van der Waals surface area contributed by atoms with Crippen LogP contribution in [0.25, 0.3) is 0 Å². The lowest BCUT2D eigenvalue weighted by Crippen LogP contribution is -2.41. The van der Waals surface area contributed by atoms with Crippen LogP contribution in [0.15, 0.2) is 10.5 Å². The second-order valence-corrected chi connectivity index (χ2v) is 4.33. The average Bonchev–Trinajstić information content (AvgIpc) is 2.67. The van der Waals surface area contributed by atoms with Crippen molar-refractivity contribution in [2.24, 2.45) is 0 Å². The topological polar surface area (TPSA) is 88.8 Å². The Morgan fingerprint density at radius 1 is 1.47 bits per heavy atom. The highest BCUT2D eigenvalue weighted by Crippen LogP contribution is 2.14. The predicted molar refractivity (Wildman–Crippen MR) is 68.2 cm³/mol. The highest BCUT2D eigenvalue weighted by Gasteiger charge is 2.22. The Bertz CT molecular complexity index is 452. The number of nitrogens with one attached hydrogen (secondary N) is 1. The maximum atomic E-state index is 12.0. The fraction of sp³-hybridized carbons (Fsp3) is 0.538. The summed E-state index contributed by atoms with van der Waals surface area (Å²) in [6.07, 6.45) is 0.891. The zero-order chi connectivity index (χ0) is 14.4. The number of amides is 1. The first-order valence-electron chi connectivity index (χ1n) is 6.05. The molecule has 0 aliphatic heterocycles. The van der Waals surface area contributed by atoms with E-state index in [0.717, 1.165) is 0 Å². The molecule has 1 atom stereocenters. The molecule has 19 heavy (non-hydrogen) atoms. The lowest BCUT2D eigenvalue weighted by Gasteiger charge is -2.13. The summed E-state index contributed by atoms with van der Waals surface area (Å²) < 4.78 is 10.1. The number of carbonyl (C=O) groups excluding carboxylic acids is 1. The Balaban J connectivity index is 2.66. The molecule has 1 aromatic heterocycles. The molecule has 1 unspecified atom stereocenters. The van der Waals surface area contributed by atoms with Crippen molar-refractivity contribution in [2.75, 3.05) is 13.7 Å². The van der Waals surface area contributed by atoms with Crippen molar-refractivity contribution in [1.29, 1.82) is 0 Å². The number of methoxy groups -OCH3 is 1. The van der Waals surface area contributed by atoms with Crippen molar-refractivity contribution in [3.05, 3.63) is 23.2 Å². The fourth-order valence-electron chi connectivity index (χ4n) is 1.78. The molecule has 2 N–H and O–H groups in total. The van der Waals surface area contributed by atoms with E-state index in [-0.39, 0.29) is 0 Å². The summed E-state index contributed by atoms with van der Waals surface area (Å²) in [4.78, 5) is 23.0. The van der Waals surface area contributed by atoms with Gasteiger partial charge in [-0.2, -0.15) is 0 Å². The maximum Gasteiger partial charge on any atom is 0.326 e. The van der Waals surface area contributed by atoms with Crippen molar-refractivity contribution < 1.29 is 23.8 Å². The molecule has 0 aliphatic rings. The monoisotopic (exact) mass is 269 g/mol. The van der Waals surface area contributed by atoms with Crippen LogP contribution >= 0.6 is 0 Å². The molecule has 1 aromatic rings. The van der Waals surface area contributed by atoms with E-state index < -0.39 is 17.9 Å². The Morgan fingerprint density at radius 3 is 2.63 bits per heavy atom. The average molecular weight is 269 g/mol. The minimum absolute atomic E-state index is 0.324. The number of hydrogen-bond donors (Lipinski definition) is 2. The molecule has 0 saturated heterocycles. The van der Waals surface area contributed by atoms with Gasteiger partial charge in [0.1, 0.15) is 17.6 Å². The molecule has 1 heterocycles. The van der Waals surface area contributed by atoms with E-state index in [1.165, 1.54) is 0 Å². The summed E-state index contributed by atoms with van der Waals surface area (Å²) in [5.41, 5.74) is 0.371. The van der Waals surface area contributed by atoms with E-state index in [1.54, 1.807) is 27.0 Å². The molecule has 0 aromatic carbocycles. The van der Waals surface area contributed by atoms with Gasteiger partial charge in [0.2, 0.25) is 0 Å². The van der Waals surface area contributed by atoms with Crippen LogP contribution in [-0.4, -0.2) is 36.7 Å². The molecule has 1 amide bonds. The molecule has 0 radical (unpaired) electrons. The third-order valence-corrected chi connectivity index (χ3v) is 2.73. The Hall–Kier alpha value is -1.82. The standard InChI is InChI=1S/C13H19NO5/c1-8-7-10(9(2)19-8)12(15)14-11(13(16)17)5-4-6-18-3/h7,11H,4-6H2,1-3H3,(H,14,15)(H,16,17). The number of hydrogen-bond acceptors (Lipinski definition) is 4. The van der Waals surface area contributed by atoms with E-state index in [9.17, 15) is 9.59 Å². The molecule has 1 rings (SSSR count). The second kappa shape index (κ2) is 6.94. The SMILES string of the molecule is COCCCC(NC(=O)c1cc(C)oc1C)C(=O)O. The van der Waals surface area contributed by atoms with Crippen LogP contribution in [0.2, 0.25) is 0 Å². The molecule has 0 aliphatic carbocycles. The van der Waals surface area contributed by atoms with Crippen LogP contribution < -0.4 is 5.32 Å². The zero-order valence-corrected chi connectivity index (χ0v) is 11.4. The van der Waals surface area contributed by atoms with Crippen molar-refractivity contribution in [3.63, 3.8) is 0 Å². The van der Waals surface area contributed by atoms with Gasteiger partial charge in [0, 0.05) is 13.7 Å². The zero-order valence-electron chi connectivity index (χ0n) is 11.4. The van der Waals surface area contributed by atoms with E-state index in [2.05, 4.69) is 5.32 Å². The van der Waals surface area contributed by atoms with Gasteiger partial charge in [-0.15, -0.1) is 0 Å². The molecule has 0 spiro atoms. The number of carboxylic acids is 1. The first-order valence-corrected chi connectivity index (χ1v) is 6.05. The highest BCUT2D eigenvalue weighted by atomic mass is 16.5. The molecule has 0 bridgehead atoms. The number of aliphatic carboxylic acids is 1. The summed E-state index contributed by atoms with van der Waals surface area (Å²) in [5.74, 6) is -0.383. The first kappa shape index (κ1) is 15.2. The molecule has 106 valence electrons. The van der Waals surface area contributed by atoms with E-state index >= 15 is 0 Å². The quantitative estimate of drug-likeness (QED) is 0.732. The van der Waals surface area contributed by atoms with Gasteiger partial charge in [-0.1, -0.05) is 0 Å². The van der Waals surface area contributed by atoms with Gasteiger partial charge in [-0.05, 0) is 32.8 Å². The van der Waals surface area contributed by atoms with Gasteiger partial charge in [0.15, 0.2) is 0 Å². The van der Waals surface area contributed by atoms with Gasteiger partial charge in [0.25, 0.3) is 5.91 Å². The summed E-state index contributed by atoms with van der Waals surface area (Å²) in [7, 11) is 1.55. The molecule has 0 fully saturated rings. The van der Waals surface area contributed by atoms with Crippen LogP contribution in [0.3, 0.4) is 0 Å². The highest BCUT2D eigenvalue weighted by molar-refractivity contribution is 5.97. The van der Waals surface area contributed by atoms with E-state index in [1.807, 2.05) is 0 Å². The molecular weight excluding hydrogens is 250 g/mol. The Kier molecular flexibility index (Phi) is 5.57. The van der Waals surface area contributed by atoms with Crippen LogP contribution in [0.5, 0.6) is 0 Å². The summed E-state index contributed by atoms with van der Waals surface area (Å²) in [6.45, 7) is 3.86. The second-order valence-electron chi connectivity index (χ2n) is 4.33. The van der Waals surface area contributed by atoms with Crippen LogP contribution in [-0.2, 0) is 9.53 Å². The number of furan rings is 1. The molecule has 6 nitrogen and oxygen atoms in total. The number of aryl methyl sites for hydroxylation is 2. The van der Waals surface area contributed by atoms with Gasteiger partial charge in [-0.3, -0.25) is 4.79 Å². The van der Waals surface area contributed by atoms with Gasteiger partial charge in [0.05, 0.1) is 5.56 Å². The van der Waals surface area contributed by atoms with Crippen molar-refractivity contribution >= 4 is 11.9 Å². The largest absolute Gasteiger partial charge is 0.480 e. The predicted octanol–water partition coefficient (Wildman–Crippen LogP) is 1.51. The smallest absolute Gasteiger partial charge is 0.326 e. The van der Waals surface area contributed by atoms with E-state index in [4.69, 9.17) is 14.3 Å². The van der Waals surface area contributed by atoms with Crippen molar-refractivity contribution in [1.82, 2.24) is 5.32 Å². The van der Waals surface area contributed by atoms with Gasteiger partial charge >= 0.3 is 5.97 Å². The summed E-state index contributed by atoms with van der Waals surface area (Å²) in [5, 5.41) is 11.6. The molecule has 6 heteroatoms. The number of carboxylic acid groups (broad SMARTS) is 1. The minimum Gasteiger partial charge on any atom is -0.480 e. The van der Waals surface area contributed by atoms with Crippen LogP contribution in [0, 0.1) is 13.8 Å². The van der Waals surface area contributed by atoms with Gasteiger partial charge in [-0.25, -0.2) is 4.79 Å². The maximum absolute atomic E-state index is 12.0. The normalized spacial score (nSPS) is 12.2. The number of carbonyl (C=O) groups is 2. The van der Waals surface area contributed by atoms with Crippen molar-refractivity contribution in [3.8, 4) is 0 Å². The Morgan fingerprint density at radius 2 is 2.16 bits per heavy atom. The van der Waals surface area contributed by atoms with Gasteiger partial charge < -0.3 is 19.6 Å². The number of ether oxygens (including phenoxy) is 1. The molecular formula is C13H19NO5. The Labute approximate surface area is 111 Å². The third-order valence-electron chi connectivity index (χ3n) is 2.73. The lowest BCUT2D eigenvalue weighted by molar-refractivity contribution is -0.139. The fourth-order valence-corrected chi connectivity index (χ4v) is 1.78. The molecule has 0 saturated carbocycles. The lowest BCUT2D eigenvalue weighted by atomic mass is 10.1. The third kappa shape index (κ3) is 4.40. The summed E-state index contributed by atoms with van der Waals surface area (Å²) >= 11 is 0. The van der Waals surface area contributed by atoms with Crippen LogP contribution in [0.1, 0.15) is 34.7 Å².